The van der Waals surface area contributed by atoms with Crippen LogP contribution in [0.15, 0.2) is 58.3 Å². The number of amides is 2. The Labute approximate surface area is 619 Å². The van der Waals surface area contributed by atoms with Crippen LogP contribution in [0.25, 0.3) is 0 Å². The molecular formula is C67H82N2O36S2. The molecule has 20 atom stereocenters. The highest BCUT2D eigenvalue weighted by atomic mass is 32.2. The minimum Gasteiger partial charge on any atom is -0.463 e. The van der Waals surface area contributed by atoms with Crippen LogP contribution in [-0.2, 0) is 171 Å². The first-order valence-corrected chi connectivity index (χ1v) is 34.4. The molecule has 4 fully saturated rings. The fourth-order valence-electron chi connectivity index (χ4n) is 11.4. The van der Waals surface area contributed by atoms with Crippen molar-refractivity contribution in [2.75, 3.05) is 31.3 Å². The smallest absolute Gasteiger partial charge is 0.303 e. The first-order chi connectivity index (χ1) is 50.3. The van der Waals surface area contributed by atoms with Crippen LogP contribution in [0.2, 0.25) is 0 Å². The number of esters is 14. The predicted octanol–water partition coefficient (Wildman–Crippen LogP) is 1.65. The van der Waals surface area contributed by atoms with E-state index in [9.17, 15) is 76.7 Å². The molecule has 6 rings (SSSR count). The number of anilines is 2. The lowest BCUT2D eigenvalue weighted by Crippen LogP contribution is -2.66. The Kier molecular flexibility index (Phi) is 32.2. The molecule has 0 aromatic heterocycles. The van der Waals surface area contributed by atoms with E-state index in [1.165, 1.54) is 48.5 Å². The van der Waals surface area contributed by atoms with Gasteiger partial charge in [-0.15, -0.1) is 0 Å². The number of thioether (sulfide) groups is 2. The van der Waals surface area contributed by atoms with E-state index in [1.54, 1.807) is 0 Å². The standard InChI is InChI=1S/C67H82N2O36S2/c1-28(70)86-24-46-52(90-32(5)74)56(92-34(7)76)60(96-38(11)80)64(100-46)104-54-48(26-88-30(3)72)102-66(62(98-40(13)82)58(54)94-36(9)78)106-44-19-15-42(16-20-44)69(51(85)23-50(68)84)43-17-21-45(22-18-43)107-67-63(99-41(14)83)59(95-37(10)79)55(49(103-67)27-89-31(4)73)105-65-61(97-39(12)81)57(93-35(8)77)53(91-33(6)75)47(101-65)25-87-29(2)71/h15-22,46-49,52-67H,23-27H2,1-14H3,(H2,68,84)/t46-,47-,48-,49-,52-,53-,54-,55-,56+,57+,58+,59+,60-,61-,62-,63-,64-,65-,66+,67+/m1/s1. The first-order valence-electron chi connectivity index (χ1n) is 32.6. The number of carbonyl (C=O) groups excluding carboxylic acids is 16. The van der Waals surface area contributed by atoms with Crippen LogP contribution in [-0.4, -0.2) is 243 Å². The third-order valence-corrected chi connectivity index (χ3v) is 17.4. The molecule has 0 unspecified atom stereocenters. The summed E-state index contributed by atoms with van der Waals surface area (Å²) in [5.41, 5.74) is 2.91. The van der Waals surface area contributed by atoms with Crippen molar-refractivity contribution in [1.29, 1.82) is 0 Å². The summed E-state index contributed by atoms with van der Waals surface area (Å²) in [7, 11) is 0. The van der Waals surface area contributed by atoms with Gasteiger partial charge < -0.3 is 100 Å². The molecule has 4 aliphatic heterocycles. The van der Waals surface area contributed by atoms with E-state index in [4.69, 9.17) is 100 Å². The van der Waals surface area contributed by atoms with Gasteiger partial charge in [0.15, 0.2) is 73.6 Å². The molecule has 107 heavy (non-hydrogen) atoms. The third kappa shape index (κ3) is 25.8. The van der Waals surface area contributed by atoms with Gasteiger partial charge in [-0.3, -0.25) is 81.6 Å². The fraction of sp³-hybridized carbons (Fsp3) is 0.582. The number of carbonyl (C=O) groups is 16. The molecule has 2 aromatic rings. The molecule has 0 aliphatic carbocycles. The maximum absolute atomic E-state index is 14.2. The number of nitrogens with two attached hydrogens (primary N) is 1. The molecule has 2 N–H and O–H groups in total. The highest BCUT2D eigenvalue weighted by Gasteiger charge is 2.60. The number of benzene rings is 2. The number of hydrogen-bond acceptors (Lipinski definition) is 38. The summed E-state index contributed by atoms with van der Waals surface area (Å²) in [6, 6.07) is 11.6. The second-order valence-corrected chi connectivity index (χ2v) is 26.3. The summed E-state index contributed by atoms with van der Waals surface area (Å²) in [5, 5.41) is 0. The van der Waals surface area contributed by atoms with Gasteiger partial charge in [-0.05, 0) is 48.5 Å². The Bertz CT molecular complexity index is 3380. The average molecular weight is 1560 g/mol. The molecule has 0 radical (unpaired) electrons. The monoisotopic (exact) mass is 1550 g/mol. The van der Waals surface area contributed by atoms with E-state index < -0.39 is 249 Å². The normalized spacial score (nSPS) is 28.0. The number of primary amides is 1. The summed E-state index contributed by atoms with van der Waals surface area (Å²) in [4.78, 5) is 206. The minimum atomic E-state index is -1.95. The molecule has 2 amide bonds. The van der Waals surface area contributed by atoms with Crippen molar-refractivity contribution in [2.45, 2.75) is 234 Å². The molecule has 2 aromatic carbocycles. The quantitative estimate of drug-likeness (QED) is 0.0660. The van der Waals surface area contributed by atoms with E-state index in [0.717, 1.165) is 125 Å². The fourth-order valence-corrected chi connectivity index (χ4v) is 13.6. The van der Waals surface area contributed by atoms with Crippen molar-refractivity contribution in [3.8, 4) is 0 Å². The van der Waals surface area contributed by atoms with Crippen molar-refractivity contribution in [3.05, 3.63) is 48.5 Å². The van der Waals surface area contributed by atoms with Gasteiger partial charge in [0.1, 0.15) is 80.3 Å². The van der Waals surface area contributed by atoms with Gasteiger partial charge in [0.25, 0.3) is 0 Å². The predicted molar refractivity (Wildman–Crippen MR) is 352 cm³/mol. The Balaban J connectivity index is 1.36. The molecule has 38 nitrogen and oxygen atoms in total. The summed E-state index contributed by atoms with van der Waals surface area (Å²) in [6.45, 7) is 11.5. The Morgan fingerprint density at radius 1 is 0.308 bits per heavy atom. The van der Waals surface area contributed by atoms with E-state index >= 15 is 0 Å². The molecule has 4 aliphatic rings. The molecule has 4 saturated heterocycles. The van der Waals surface area contributed by atoms with E-state index in [-0.39, 0.29) is 21.2 Å². The molecule has 4 heterocycles. The van der Waals surface area contributed by atoms with Crippen molar-refractivity contribution in [3.63, 3.8) is 0 Å². The van der Waals surface area contributed by atoms with Crippen LogP contribution in [0, 0.1) is 0 Å². The van der Waals surface area contributed by atoms with E-state index in [1.807, 2.05) is 0 Å². The maximum atomic E-state index is 14.2. The minimum absolute atomic E-state index is 0.108. The zero-order valence-electron chi connectivity index (χ0n) is 60.2. The lowest BCUT2D eigenvalue weighted by molar-refractivity contribution is -0.341. The topological polar surface area (TPSA) is 487 Å². The van der Waals surface area contributed by atoms with Crippen molar-refractivity contribution >= 4 is 130 Å². The van der Waals surface area contributed by atoms with Crippen molar-refractivity contribution < 1.29 is 171 Å². The molecule has 0 saturated carbocycles. The van der Waals surface area contributed by atoms with Gasteiger partial charge in [0.2, 0.25) is 11.8 Å². The van der Waals surface area contributed by atoms with Crippen LogP contribution < -0.4 is 10.6 Å². The number of nitrogens with zero attached hydrogens (tertiary/aromatic N) is 1. The average Bonchev–Trinajstić information content (AvgIpc) is 0.769. The zero-order valence-corrected chi connectivity index (χ0v) is 61.9. The summed E-state index contributed by atoms with van der Waals surface area (Å²) >= 11 is 1.70. The first kappa shape index (κ1) is 86.3. The maximum Gasteiger partial charge on any atom is 0.303 e. The lowest BCUT2D eigenvalue weighted by Gasteiger charge is -2.48. The zero-order chi connectivity index (χ0) is 79.4. The van der Waals surface area contributed by atoms with Crippen LogP contribution in [0.5, 0.6) is 0 Å². The van der Waals surface area contributed by atoms with Gasteiger partial charge in [-0.2, -0.15) is 0 Å². The van der Waals surface area contributed by atoms with Gasteiger partial charge in [-0.1, -0.05) is 23.5 Å². The Morgan fingerprint density at radius 3 is 0.794 bits per heavy atom. The van der Waals surface area contributed by atoms with Gasteiger partial charge in [-0.25, -0.2) is 0 Å². The summed E-state index contributed by atoms with van der Waals surface area (Å²) < 4.78 is 116. The van der Waals surface area contributed by atoms with Crippen LogP contribution in [0.4, 0.5) is 11.4 Å². The second kappa shape index (κ2) is 39.9. The van der Waals surface area contributed by atoms with Crippen molar-refractivity contribution in [2.24, 2.45) is 5.73 Å². The summed E-state index contributed by atoms with van der Waals surface area (Å²) in [5.74, 6) is -15.0. The van der Waals surface area contributed by atoms with Gasteiger partial charge in [0.05, 0.1) is 0 Å². The lowest BCUT2D eigenvalue weighted by atomic mass is 9.96. The van der Waals surface area contributed by atoms with Crippen LogP contribution >= 0.6 is 23.5 Å². The summed E-state index contributed by atoms with van der Waals surface area (Å²) in [6.07, 6.45) is -31.7. The number of ether oxygens (including phenoxy) is 20. The molecule has 0 spiro atoms. The number of hydrogen-bond donors (Lipinski definition) is 1. The highest BCUT2D eigenvalue weighted by Crippen LogP contribution is 2.44. The Hall–Kier alpha value is -9.58. The molecule has 0 bridgehead atoms. The SMILES string of the molecule is CC(=O)OC[C@H]1O[C@@H](Sc2ccc(N(C(=O)CC(N)=O)c3ccc(S[C@@H]4O[C@H](COC(C)=O)[C@@H](O[C@H]5O[C@H](COC(C)=O)[C@@H](OC(C)=O)[C@H](OC(C)=O)[C@H]5OC(C)=O)[C@H](OC(C)=O)[C@H]4OC(C)=O)cc3)cc2)[C@H](OC(C)=O)[C@@H](OC(C)=O)[C@@H]1O[C@H]1O[C@H](COC(C)=O)[C@@H](OC(C)=O)[C@H](OC(C)=O)[C@H]1OC(C)=O. The highest BCUT2D eigenvalue weighted by molar-refractivity contribution is 8.00. The van der Waals surface area contributed by atoms with E-state index in [2.05, 4.69) is 0 Å². The van der Waals surface area contributed by atoms with E-state index in [0.29, 0.717) is 0 Å². The van der Waals surface area contributed by atoms with Gasteiger partial charge >= 0.3 is 83.6 Å². The van der Waals surface area contributed by atoms with Gasteiger partial charge in [0, 0.05) is 118 Å². The number of rotatable bonds is 30. The Morgan fingerprint density at radius 2 is 0.542 bits per heavy atom. The molecule has 40 heteroatoms. The van der Waals surface area contributed by atoms with Crippen LogP contribution in [0.1, 0.15) is 103 Å². The van der Waals surface area contributed by atoms with Crippen molar-refractivity contribution in [1.82, 2.24) is 0 Å². The third-order valence-electron chi connectivity index (χ3n) is 15.0. The largest absolute Gasteiger partial charge is 0.463 e. The molecule has 588 valence electrons. The van der Waals surface area contributed by atoms with Crippen LogP contribution in [0.3, 0.4) is 0 Å². The second-order valence-electron chi connectivity index (χ2n) is 23.9. The molecular weight excluding hydrogens is 1470 g/mol.